The molecule has 6 rings (SSSR count). The molecule has 13 heteroatoms. The lowest BCUT2D eigenvalue weighted by molar-refractivity contribution is -0.124. The minimum atomic E-state index is -2.22. The van der Waals surface area contributed by atoms with Gasteiger partial charge in [0.2, 0.25) is 0 Å². The first-order valence-electron chi connectivity index (χ1n) is 18.2. The highest BCUT2D eigenvalue weighted by molar-refractivity contribution is 5.87. The number of ether oxygens (including phenoxy) is 6. The van der Waals surface area contributed by atoms with Crippen molar-refractivity contribution in [3.63, 3.8) is 0 Å². The molecule has 4 aromatic rings. The Morgan fingerprint density at radius 1 is 0.500 bits per heavy atom. The van der Waals surface area contributed by atoms with Crippen molar-refractivity contribution < 1.29 is 61.2 Å². The van der Waals surface area contributed by atoms with Crippen LogP contribution < -0.4 is 0 Å². The zero-order valence-electron chi connectivity index (χ0n) is 30.2. The SMILES string of the molecule is O=C(OC(Cc1ccccc1)[C@H]1CC(=O)[C@@H](F)[C@@H]1OC(=O)OCc1ccccc1)OC(Cc1ccccc1)[C@H]1CC(=O)[C@@H](F)[C@@H]1OC(=O)OCc1ccccc1. The van der Waals surface area contributed by atoms with Gasteiger partial charge in [-0.15, -0.1) is 0 Å². The summed E-state index contributed by atoms with van der Waals surface area (Å²) in [5.74, 6) is -4.02. The Balaban J connectivity index is 1.20. The number of carbonyl (C=O) groups is 5. The second-order valence-electron chi connectivity index (χ2n) is 13.6. The summed E-state index contributed by atoms with van der Waals surface area (Å²) in [6.45, 7) is -0.334. The molecule has 292 valence electrons. The first kappa shape index (κ1) is 39.6. The Morgan fingerprint density at radius 3 is 1.16 bits per heavy atom. The average Bonchev–Trinajstić information content (AvgIpc) is 3.65. The second kappa shape index (κ2) is 19.0. The van der Waals surface area contributed by atoms with E-state index in [1.807, 2.05) is 0 Å². The van der Waals surface area contributed by atoms with Crippen molar-refractivity contribution >= 4 is 30.0 Å². The van der Waals surface area contributed by atoms with E-state index in [4.69, 9.17) is 28.4 Å². The van der Waals surface area contributed by atoms with Gasteiger partial charge in [-0.05, 0) is 22.3 Å². The molecule has 0 aromatic heterocycles. The van der Waals surface area contributed by atoms with Gasteiger partial charge in [-0.2, -0.15) is 0 Å². The summed E-state index contributed by atoms with van der Waals surface area (Å²) in [5, 5.41) is 0. The normalized spacial score (nSPS) is 22.8. The van der Waals surface area contributed by atoms with Crippen molar-refractivity contribution in [2.45, 2.75) is 75.7 Å². The van der Waals surface area contributed by atoms with E-state index in [1.165, 1.54) is 0 Å². The zero-order valence-corrected chi connectivity index (χ0v) is 30.2. The Bertz CT molecular complexity index is 1790. The van der Waals surface area contributed by atoms with Crippen LogP contribution >= 0.6 is 0 Å². The number of carbonyl (C=O) groups excluding carboxylic acids is 5. The molecule has 0 spiro atoms. The first-order valence-corrected chi connectivity index (χ1v) is 18.2. The van der Waals surface area contributed by atoms with Gasteiger partial charge in [-0.1, -0.05) is 121 Å². The van der Waals surface area contributed by atoms with Crippen molar-refractivity contribution in [2.75, 3.05) is 0 Å². The molecule has 8 atom stereocenters. The van der Waals surface area contributed by atoms with Crippen LogP contribution in [0, 0.1) is 11.8 Å². The van der Waals surface area contributed by atoms with Gasteiger partial charge in [0.05, 0.1) is 0 Å². The molecule has 0 aliphatic heterocycles. The number of hydrogen-bond acceptors (Lipinski definition) is 11. The summed E-state index contributed by atoms with van der Waals surface area (Å²) in [4.78, 5) is 64.8. The van der Waals surface area contributed by atoms with Gasteiger partial charge in [-0.3, -0.25) is 9.59 Å². The molecule has 2 fully saturated rings. The van der Waals surface area contributed by atoms with Crippen LogP contribution in [0.3, 0.4) is 0 Å². The van der Waals surface area contributed by atoms with Gasteiger partial charge in [-0.25, -0.2) is 23.2 Å². The van der Waals surface area contributed by atoms with Crippen LogP contribution in [0.1, 0.15) is 35.1 Å². The maximum absolute atomic E-state index is 15.4. The Morgan fingerprint density at radius 2 is 0.821 bits per heavy atom. The summed E-state index contributed by atoms with van der Waals surface area (Å²) in [7, 11) is 0. The summed E-state index contributed by atoms with van der Waals surface area (Å²) >= 11 is 0. The van der Waals surface area contributed by atoms with Crippen LogP contribution in [0.5, 0.6) is 0 Å². The van der Waals surface area contributed by atoms with Crippen LogP contribution in [-0.2, 0) is 64.1 Å². The third-order valence-corrected chi connectivity index (χ3v) is 9.78. The summed E-state index contributed by atoms with van der Waals surface area (Å²) in [6.07, 6.45) is -14.9. The minimum absolute atomic E-state index is 0.0314. The topological polar surface area (TPSA) is 141 Å². The molecule has 0 N–H and O–H groups in total. The molecule has 4 aromatic carbocycles. The van der Waals surface area contributed by atoms with Crippen molar-refractivity contribution in [3.8, 4) is 0 Å². The van der Waals surface area contributed by atoms with E-state index in [0.717, 1.165) is 0 Å². The standard InChI is InChI=1S/C43H40F2O11/c44-37-33(46)23-31(39(37)55-41(48)51-25-29-17-9-3-10-18-29)35(21-27-13-5-1-6-14-27)53-43(50)54-36(22-28-15-7-2-8-16-28)32-24-34(47)38(45)40(32)56-42(49)52-26-30-19-11-4-12-20-30/h1-20,31-32,35-40H,21-26H2/t31-,32-,35?,36?,37-,38-,39-,40-/m1/s1. The number of hydrogen-bond donors (Lipinski definition) is 0. The van der Waals surface area contributed by atoms with Crippen molar-refractivity contribution in [1.82, 2.24) is 0 Å². The van der Waals surface area contributed by atoms with Gasteiger partial charge < -0.3 is 28.4 Å². The molecule has 2 aliphatic rings. The van der Waals surface area contributed by atoms with E-state index in [2.05, 4.69) is 0 Å². The van der Waals surface area contributed by atoms with Crippen molar-refractivity contribution in [3.05, 3.63) is 144 Å². The Kier molecular flexibility index (Phi) is 13.4. The molecule has 11 nitrogen and oxygen atoms in total. The van der Waals surface area contributed by atoms with E-state index in [-0.39, 0.29) is 26.1 Å². The quantitative estimate of drug-likeness (QED) is 0.0922. The van der Waals surface area contributed by atoms with E-state index >= 15 is 8.78 Å². The molecular weight excluding hydrogens is 730 g/mol. The lowest BCUT2D eigenvalue weighted by Gasteiger charge is -2.31. The molecule has 0 amide bonds. The van der Waals surface area contributed by atoms with E-state index in [0.29, 0.717) is 22.3 Å². The maximum Gasteiger partial charge on any atom is 0.509 e. The van der Waals surface area contributed by atoms with Gasteiger partial charge in [0.25, 0.3) is 0 Å². The number of ketones is 2. The number of benzene rings is 4. The van der Waals surface area contributed by atoms with Gasteiger partial charge in [0, 0.05) is 37.5 Å². The lowest BCUT2D eigenvalue weighted by atomic mass is 9.92. The number of halogens is 2. The van der Waals surface area contributed by atoms with Crippen LogP contribution in [0.25, 0.3) is 0 Å². The molecule has 2 unspecified atom stereocenters. The van der Waals surface area contributed by atoms with Crippen LogP contribution in [0.15, 0.2) is 121 Å². The first-order chi connectivity index (χ1) is 27.1. The highest BCUT2D eigenvalue weighted by Crippen LogP contribution is 2.37. The number of rotatable bonds is 14. The average molecular weight is 771 g/mol. The smallest absolute Gasteiger partial charge is 0.430 e. The fourth-order valence-electron chi connectivity index (χ4n) is 6.95. The van der Waals surface area contributed by atoms with E-state index in [1.54, 1.807) is 121 Å². The minimum Gasteiger partial charge on any atom is -0.430 e. The Labute approximate surface area is 321 Å². The summed E-state index contributed by atoms with van der Waals surface area (Å²) in [5.41, 5.74) is 2.60. The molecule has 0 saturated heterocycles. The maximum atomic E-state index is 15.4. The van der Waals surface area contributed by atoms with Gasteiger partial charge >= 0.3 is 18.5 Å². The zero-order chi connectivity index (χ0) is 39.4. The number of Topliss-reactive ketones (excluding diaryl/α,β-unsaturated/α-hetero) is 2. The van der Waals surface area contributed by atoms with Crippen molar-refractivity contribution in [2.24, 2.45) is 11.8 Å². The predicted octanol–water partition coefficient (Wildman–Crippen LogP) is 7.66. The molecule has 0 heterocycles. The van der Waals surface area contributed by atoms with Gasteiger partial charge in [0.1, 0.15) is 25.4 Å². The lowest BCUT2D eigenvalue weighted by Crippen LogP contribution is -2.42. The van der Waals surface area contributed by atoms with Crippen LogP contribution in [-0.4, -0.2) is 66.8 Å². The largest absolute Gasteiger partial charge is 0.509 e. The summed E-state index contributed by atoms with van der Waals surface area (Å²) in [6, 6.07) is 34.9. The summed E-state index contributed by atoms with van der Waals surface area (Å²) < 4.78 is 63.7. The fraction of sp³-hybridized carbons (Fsp3) is 0.326. The van der Waals surface area contributed by atoms with Crippen molar-refractivity contribution in [1.29, 1.82) is 0 Å². The van der Waals surface area contributed by atoms with Crippen LogP contribution in [0.4, 0.5) is 23.2 Å². The van der Waals surface area contributed by atoms with Gasteiger partial charge in [0.15, 0.2) is 36.1 Å². The molecule has 2 saturated carbocycles. The van der Waals surface area contributed by atoms with E-state index in [9.17, 15) is 24.0 Å². The molecule has 0 radical (unpaired) electrons. The third kappa shape index (κ3) is 10.6. The molecule has 2 aliphatic carbocycles. The highest BCUT2D eigenvalue weighted by atomic mass is 19.1. The monoisotopic (exact) mass is 770 g/mol. The third-order valence-electron chi connectivity index (χ3n) is 9.78. The number of alkyl halides is 2. The predicted molar refractivity (Wildman–Crippen MR) is 194 cm³/mol. The molecular formula is C43H40F2O11. The van der Waals surface area contributed by atoms with Crippen LogP contribution in [0.2, 0.25) is 0 Å². The van der Waals surface area contributed by atoms with E-state index < -0.39 is 91.5 Å². The second-order valence-corrected chi connectivity index (χ2v) is 13.6. The fourth-order valence-corrected chi connectivity index (χ4v) is 6.95. The molecule has 0 bridgehead atoms. The Hall–Kier alpha value is -6.11. The molecule has 56 heavy (non-hydrogen) atoms. The highest BCUT2D eigenvalue weighted by Gasteiger charge is 2.52.